The zero-order valence-corrected chi connectivity index (χ0v) is 13.5. The normalized spacial score (nSPS) is 12.6. The smallest absolute Gasteiger partial charge is 0.0587 e. The minimum atomic E-state index is 0.628. The lowest BCUT2D eigenvalue weighted by atomic mass is 9.92. The monoisotopic (exact) mass is 277 g/mol. The lowest BCUT2D eigenvalue weighted by Crippen LogP contribution is -2.25. The first-order valence-corrected chi connectivity index (χ1v) is 8.04. The molecule has 0 radical (unpaired) electrons. The lowest BCUT2D eigenvalue weighted by molar-refractivity contribution is 0.198. The zero-order valence-electron chi connectivity index (χ0n) is 13.5. The highest BCUT2D eigenvalue weighted by Crippen LogP contribution is 2.23. The lowest BCUT2D eigenvalue weighted by Gasteiger charge is -2.19. The molecule has 0 amide bonds. The number of rotatable bonds is 11. The standard InChI is InChI=1S/C18H31NO/c1-4-5-6-7-10-18(15-19-12-13-20-3)17-11-8-9-16(2)14-17/h8-9,11,14,18-19H,4-7,10,12-13,15H2,1-3H3. The Morgan fingerprint density at radius 1 is 1.20 bits per heavy atom. The van der Waals surface area contributed by atoms with Crippen molar-refractivity contribution in [3.05, 3.63) is 35.4 Å². The molecule has 1 unspecified atom stereocenters. The number of unbranched alkanes of at least 4 members (excludes halogenated alkanes) is 3. The summed E-state index contributed by atoms with van der Waals surface area (Å²) in [5, 5.41) is 3.52. The molecule has 1 aromatic rings. The first kappa shape index (κ1) is 17.2. The molecular formula is C18H31NO. The Bertz CT molecular complexity index is 339. The second kappa shape index (κ2) is 10.9. The van der Waals surface area contributed by atoms with Crippen LogP contribution in [-0.4, -0.2) is 26.8 Å². The van der Waals surface area contributed by atoms with Crippen LogP contribution in [0.4, 0.5) is 0 Å². The number of hydrogen-bond acceptors (Lipinski definition) is 2. The Morgan fingerprint density at radius 2 is 2.05 bits per heavy atom. The molecule has 0 aliphatic carbocycles. The van der Waals surface area contributed by atoms with E-state index in [0.29, 0.717) is 5.92 Å². The number of ether oxygens (including phenoxy) is 1. The van der Waals surface area contributed by atoms with Gasteiger partial charge in [0.2, 0.25) is 0 Å². The average molecular weight is 277 g/mol. The van der Waals surface area contributed by atoms with Gasteiger partial charge in [-0.05, 0) is 24.8 Å². The van der Waals surface area contributed by atoms with E-state index in [0.717, 1.165) is 19.7 Å². The minimum absolute atomic E-state index is 0.628. The minimum Gasteiger partial charge on any atom is -0.383 e. The second-order valence-corrected chi connectivity index (χ2v) is 5.66. The van der Waals surface area contributed by atoms with Crippen molar-refractivity contribution in [3.63, 3.8) is 0 Å². The first-order chi connectivity index (χ1) is 9.77. The number of benzene rings is 1. The van der Waals surface area contributed by atoms with E-state index in [4.69, 9.17) is 4.74 Å². The number of methoxy groups -OCH3 is 1. The molecule has 1 atom stereocenters. The number of nitrogens with one attached hydrogen (secondary N) is 1. The summed E-state index contributed by atoms with van der Waals surface area (Å²) in [6, 6.07) is 8.97. The van der Waals surface area contributed by atoms with E-state index in [2.05, 4.69) is 43.4 Å². The van der Waals surface area contributed by atoms with E-state index in [-0.39, 0.29) is 0 Å². The summed E-state index contributed by atoms with van der Waals surface area (Å²) in [4.78, 5) is 0. The molecule has 2 nitrogen and oxygen atoms in total. The first-order valence-electron chi connectivity index (χ1n) is 8.04. The van der Waals surface area contributed by atoms with E-state index >= 15 is 0 Å². The maximum Gasteiger partial charge on any atom is 0.0587 e. The Balaban J connectivity index is 2.49. The van der Waals surface area contributed by atoms with Gasteiger partial charge in [-0.2, -0.15) is 0 Å². The fourth-order valence-electron chi connectivity index (χ4n) is 2.58. The Hall–Kier alpha value is -0.860. The summed E-state index contributed by atoms with van der Waals surface area (Å²) < 4.78 is 5.10. The fraction of sp³-hybridized carbons (Fsp3) is 0.667. The summed E-state index contributed by atoms with van der Waals surface area (Å²) >= 11 is 0. The van der Waals surface area contributed by atoms with Crippen molar-refractivity contribution >= 4 is 0 Å². The van der Waals surface area contributed by atoms with E-state index in [9.17, 15) is 0 Å². The molecule has 0 aliphatic heterocycles. The SMILES string of the molecule is CCCCCCC(CNCCOC)c1cccc(C)c1. The molecule has 20 heavy (non-hydrogen) atoms. The van der Waals surface area contributed by atoms with Crippen LogP contribution < -0.4 is 5.32 Å². The van der Waals surface area contributed by atoms with Crippen molar-refractivity contribution in [3.8, 4) is 0 Å². The van der Waals surface area contributed by atoms with Crippen molar-refractivity contribution in [2.75, 3.05) is 26.8 Å². The van der Waals surface area contributed by atoms with Gasteiger partial charge in [0.25, 0.3) is 0 Å². The van der Waals surface area contributed by atoms with Gasteiger partial charge >= 0.3 is 0 Å². The molecule has 0 saturated carbocycles. The van der Waals surface area contributed by atoms with Crippen LogP contribution in [-0.2, 0) is 4.74 Å². The second-order valence-electron chi connectivity index (χ2n) is 5.66. The molecule has 0 aromatic heterocycles. The fourth-order valence-corrected chi connectivity index (χ4v) is 2.58. The van der Waals surface area contributed by atoms with Crippen LogP contribution in [0.5, 0.6) is 0 Å². The third-order valence-corrected chi connectivity index (χ3v) is 3.79. The van der Waals surface area contributed by atoms with Gasteiger partial charge in [-0.15, -0.1) is 0 Å². The van der Waals surface area contributed by atoms with Gasteiger partial charge in [-0.1, -0.05) is 62.4 Å². The summed E-state index contributed by atoms with van der Waals surface area (Å²) in [6.07, 6.45) is 6.64. The highest BCUT2D eigenvalue weighted by atomic mass is 16.5. The summed E-state index contributed by atoms with van der Waals surface area (Å²) in [5.74, 6) is 0.628. The highest BCUT2D eigenvalue weighted by molar-refractivity contribution is 5.25. The molecule has 0 heterocycles. The van der Waals surface area contributed by atoms with Crippen molar-refractivity contribution in [2.45, 2.75) is 51.9 Å². The summed E-state index contributed by atoms with van der Waals surface area (Å²) in [7, 11) is 1.75. The molecule has 0 aliphatic rings. The van der Waals surface area contributed by atoms with Gasteiger partial charge < -0.3 is 10.1 Å². The molecule has 0 saturated heterocycles. The Labute approximate surface area is 124 Å². The maximum absolute atomic E-state index is 5.10. The van der Waals surface area contributed by atoms with Crippen molar-refractivity contribution in [1.29, 1.82) is 0 Å². The largest absolute Gasteiger partial charge is 0.383 e. The van der Waals surface area contributed by atoms with Crippen LogP contribution in [0.3, 0.4) is 0 Å². The molecule has 1 N–H and O–H groups in total. The van der Waals surface area contributed by atoms with Crippen LogP contribution in [0, 0.1) is 6.92 Å². The highest BCUT2D eigenvalue weighted by Gasteiger charge is 2.11. The molecule has 0 bridgehead atoms. The van der Waals surface area contributed by atoms with Gasteiger partial charge in [0.15, 0.2) is 0 Å². The number of aryl methyl sites for hydroxylation is 1. The quantitative estimate of drug-likeness (QED) is 0.609. The molecule has 0 spiro atoms. The van der Waals surface area contributed by atoms with Crippen LogP contribution in [0.1, 0.15) is 56.1 Å². The van der Waals surface area contributed by atoms with Crippen molar-refractivity contribution < 1.29 is 4.74 Å². The predicted molar refractivity (Wildman–Crippen MR) is 87.4 cm³/mol. The van der Waals surface area contributed by atoms with Gasteiger partial charge in [0.1, 0.15) is 0 Å². The van der Waals surface area contributed by atoms with Crippen LogP contribution in [0.25, 0.3) is 0 Å². The molecule has 0 fully saturated rings. The summed E-state index contributed by atoms with van der Waals surface area (Å²) in [5.41, 5.74) is 2.84. The average Bonchev–Trinajstić information content (AvgIpc) is 2.45. The molecule has 2 heteroatoms. The van der Waals surface area contributed by atoms with Crippen LogP contribution in [0.2, 0.25) is 0 Å². The third kappa shape index (κ3) is 7.06. The van der Waals surface area contributed by atoms with E-state index in [1.165, 1.54) is 43.2 Å². The van der Waals surface area contributed by atoms with Gasteiger partial charge in [0, 0.05) is 20.2 Å². The molecular weight excluding hydrogens is 246 g/mol. The molecule has 1 rings (SSSR count). The zero-order chi connectivity index (χ0) is 14.6. The van der Waals surface area contributed by atoms with E-state index < -0.39 is 0 Å². The Morgan fingerprint density at radius 3 is 2.75 bits per heavy atom. The van der Waals surface area contributed by atoms with Gasteiger partial charge in [0.05, 0.1) is 6.61 Å². The molecule has 1 aromatic carbocycles. The van der Waals surface area contributed by atoms with Crippen molar-refractivity contribution in [1.82, 2.24) is 5.32 Å². The van der Waals surface area contributed by atoms with Gasteiger partial charge in [-0.3, -0.25) is 0 Å². The van der Waals surface area contributed by atoms with E-state index in [1.54, 1.807) is 7.11 Å². The third-order valence-electron chi connectivity index (χ3n) is 3.79. The number of hydrogen-bond donors (Lipinski definition) is 1. The van der Waals surface area contributed by atoms with Crippen LogP contribution >= 0.6 is 0 Å². The summed E-state index contributed by atoms with van der Waals surface area (Å²) in [6.45, 7) is 7.23. The van der Waals surface area contributed by atoms with E-state index in [1.807, 2.05) is 0 Å². The molecule has 114 valence electrons. The van der Waals surface area contributed by atoms with Crippen molar-refractivity contribution in [2.24, 2.45) is 0 Å². The topological polar surface area (TPSA) is 21.3 Å². The predicted octanol–water partition coefficient (Wildman–Crippen LogP) is 4.29. The van der Waals surface area contributed by atoms with Gasteiger partial charge in [-0.25, -0.2) is 0 Å². The Kier molecular flexibility index (Phi) is 9.35. The maximum atomic E-state index is 5.10. The van der Waals surface area contributed by atoms with Crippen LogP contribution in [0.15, 0.2) is 24.3 Å².